The third-order valence-electron chi connectivity index (χ3n) is 4.22. The molecule has 1 radical (unpaired) electrons. The smallest absolute Gasteiger partial charge is 0.179 e. The zero-order chi connectivity index (χ0) is 10.1. The van der Waals surface area contributed by atoms with E-state index in [1.165, 1.54) is 38.6 Å². The zero-order valence-corrected chi connectivity index (χ0v) is 9.30. The van der Waals surface area contributed by atoms with Crippen LogP contribution in [0.4, 0.5) is 0 Å². The first-order valence-corrected chi connectivity index (χ1v) is 6.42. The second-order valence-corrected chi connectivity index (χ2v) is 5.07. The van der Waals surface area contributed by atoms with Gasteiger partial charge in [-0.05, 0) is 31.2 Å². The van der Waals surface area contributed by atoms with Crippen molar-refractivity contribution in [3.63, 3.8) is 0 Å². The lowest BCUT2D eigenvalue weighted by Gasteiger charge is -2.43. The highest BCUT2D eigenvalue weighted by molar-refractivity contribution is 5.02. The van der Waals surface area contributed by atoms with E-state index < -0.39 is 0 Å². The standard InChI is InChI=1S/C12H21N2O/c1-2-4-10-9(3-1)5-6-13-11(10)12-14-7-8-15-12/h9-11,13-14H,1-8H2. The first-order valence-electron chi connectivity index (χ1n) is 6.42. The highest BCUT2D eigenvalue weighted by Gasteiger charge is 2.40. The molecule has 1 saturated carbocycles. The molecule has 2 saturated heterocycles. The lowest BCUT2D eigenvalue weighted by Crippen LogP contribution is -2.52. The van der Waals surface area contributed by atoms with Gasteiger partial charge >= 0.3 is 0 Å². The van der Waals surface area contributed by atoms with Crippen molar-refractivity contribution < 1.29 is 4.74 Å². The molecule has 0 spiro atoms. The summed E-state index contributed by atoms with van der Waals surface area (Å²) in [5.41, 5.74) is 0. The van der Waals surface area contributed by atoms with Gasteiger partial charge in [0.25, 0.3) is 0 Å². The Morgan fingerprint density at radius 3 is 2.87 bits per heavy atom. The van der Waals surface area contributed by atoms with E-state index >= 15 is 0 Å². The zero-order valence-electron chi connectivity index (χ0n) is 9.30. The molecule has 85 valence electrons. The van der Waals surface area contributed by atoms with E-state index in [0.29, 0.717) is 6.04 Å². The minimum absolute atomic E-state index is 0.492. The van der Waals surface area contributed by atoms with Gasteiger partial charge in [0.15, 0.2) is 6.23 Å². The monoisotopic (exact) mass is 209 g/mol. The van der Waals surface area contributed by atoms with Crippen molar-refractivity contribution in [3.8, 4) is 0 Å². The highest BCUT2D eigenvalue weighted by atomic mass is 16.5. The van der Waals surface area contributed by atoms with Crippen LogP contribution in [0.25, 0.3) is 0 Å². The molecule has 3 atom stereocenters. The topological polar surface area (TPSA) is 33.3 Å². The molecule has 2 aliphatic heterocycles. The molecule has 3 fully saturated rings. The molecule has 3 nitrogen and oxygen atoms in total. The Bertz CT molecular complexity index is 214. The molecule has 2 heterocycles. The van der Waals surface area contributed by atoms with Crippen LogP contribution in [-0.4, -0.2) is 25.7 Å². The van der Waals surface area contributed by atoms with E-state index in [-0.39, 0.29) is 0 Å². The van der Waals surface area contributed by atoms with Crippen molar-refractivity contribution in [2.75, 3.05) is 19.7 Å². The SMILES string of the molecule is C1CCC2C(C1)CCNC2[C]1NCCO1. The van der Waals surface area contributed by atoms with E-state index in [1.807, 2.05) is 0 Å². The Kier molecular flexibility index (Phi) is 2.95. The summed E-state index contributed by atoms with van der Waals surface area (Å²) in [6.45, 7) is 3.01. The molecule has 3 heteroatoms. The summed E-state index contributed by atoms with van der Waals surface area (Å²) in [5.74, 6) is 1.77. The van der Waals surface area contributed by atoms with Crippen LogP contribution >= 0.6 is 0 Å². The number of piperidine rings is 1. The summed E-state index contributed by atoms with van der Waals surface area (Å²) >= 11 is 0. The Morgan fingerprint density at radius 2 is 2.00 bits per heavy atom. The highest BCUT2D eigenvalue weighted by Crippen LogP contribution is 2.39. The molecule has 0 bridgehead atoms. The largest absolute Gasteiger partial charge is 0.353 e. The van der Waals surface area contributed by atoms with E-state index in [2.05, 4.69) is 10.6 Å². The molecule has 3 rings (SSSR count). The molecular formula is C12H21N2O. The molecule has 0 aromatic carbocycles. The summed E-state index contributed by atoms with van der Waals surface area (Å²) in [5, 5.41) is 7.03. The number of nitrogens with one attached hydrogen (secondary N) is 2. The van der Waals surface area contributed by atoms with Crippen LogP contribution in [-0.2, 0) is 4.74 Å². The van der Waals surface area contributed by atoms with Crippen LogP contribution < -0.4 is 10.6 Å². The summed E-state index contributed by atoms with van der Waals surface area (Å²) < 4.78 is 5.68. The van der Waals surface area contributed by atoms with Gasteiger partial charge in [0.1, 0.15) is 0 Å². The first kappa shape index (κ1) is 10.1. The molecular weight excluding hydrogens is 188 g/mol. The van der Waals surface area contributed by atoms with Gasteiger partial charge in [-0.15, -0.1) is 0 Å². The van der Waals surface area contributed by atoms with Crippen LogP contribution in [0, 0.1) is 18.1 Å². The maximum atomic E-state index is 5.68. The predicted molar refractivity (Wildman–Crippen MR) is 59.1 cm³/mol. The van der Waals surface area contributed by atoms with Gasteiger partial charge in [-0.3, -0.25) is 5.32 Å². The third-order valence-corrected chi connectivity index (χ3v) is 4.22. The van der Waals surface area contributed by atoms with Gasteiger partial charge < -0.3 is 10.1 Å². The fraction of sp³-hybridized carbons (Fsp3) is 0.917. The van der Waals surface area contributed by atoms with Crippen molar-refractivity contribution in [1.29, 1.82) is 0 Å². The third kappa shape index (κ3) is 1.93. The molecule has 3 unspecified atom stereocenters. The number of fused-ring (bicyclic) bond motifs is 1. The average molecular weight is 209 g/mol. The predicted octanol–water partition coefficient (Wildman–Crippen LogP) is 1.26. The van der Waals surface area contributed by atoms with Gasteiger partial charge in [0.2, 0.25) is 0 Å². The van der Waals surface area contributed by atoms with Crippen molar-refractivity contribution in [2.24, 2.45) is 11.8 Å². The average Bonchev–Trinajstić information content (AvgIpc) is 2.82. The second-order valence-electron chi connectivity index (χ2n) is 5.07. The molecule has 1 aliphatic carbocycles. The van der Waals surface area contributed by atoms with E-state index in [0.717, 1.165) is 31.2 Å². The van der Waals surface area contributed by atoms with Gasteiger partial charge in [0, 0.05) is 6.54 Å². The number of hydrogen-bond donors (Lipinski definition) is 2. The normalized spacial score (nSPS) is 42.8. The van der Waals surface area contributed by atoms with Crippen molar-refractivity contribution in [2.45, 2.75) is 38.1 Å². The molecule has 0 amide bonds. The van der Waals surface area contributed by atoms with Crippen LogP contribution in [0.5, 0.6) is 0 Å². The molecule has 0 aromatic rings. The van der Waals surface area contributed by atoms with Gasteiger partial charge in [-0.2, -0.15) is 0 Å². The Labute approximate surface area is 91.9 Å². The van der Waals surface area contributed by atoms with Gasteiger partial charge in [-0.25, -0.2) is 0 Å². The summed E-state index contributed by atoms with van der Waals surface area (Å²) in [7, 11) is 0. The van der Waals surface area contributed by atoms with Gasteiger partial charge in [0.05, 0.1) is 12.6 Å². The Morgan fingerprint density at radius 1 is 1.07 bits per heavy atom. The molecule has 15 heavy (non-hydrogen) atoms. The summed E-state index contributed by atoms with van der Waals surface area (Å²) in [4.78, 5) is 0. The summed E-state index contributed by atoms with van der Waals surface area (Å²) in [6.07, 6.45) is 8.18. The number of ether oxygens (including phenoxy) is 1. The number of hydrogen-bond acceptors (Lipinski definition) is 3. The minimum atomic E-state index is 0.492. The molecule has 3 aliphatic rings. The van der Waals surface area contributed by atoms with Crippen LogP contribution in [0.2, 0.25) is 0 Å². The quantitative estimate of drug-likeness (QED) is 0.682. The second kappa shape index (κ2) is 4.40. The van der Waals surface area contributed by atoms with E-state index in [4.69, 9.17) is 4.74 Å². The molecule has 2 N–H and O–H groups in total. The fourth-order valence-electron chi connectivity index (χ4n) is 3.48. The number of rotatable bonds is 1. The van der Waals surface area contributed by atoms with Crippen molar-refractivity contribution in [3.05, 3.63) is 6.23 Å². The lowest BCUT2D eigenvalue weighted by atomic mass is 9.71. The van der Waals surface area contributed by atoms with E-state index in [9.17, 15) is 0 Å². The summed E-state index contributed by atoms with van der Waals surface area (Å²) in [6, 6.07) is 0.492. The van der Waals surface area contributed by atoms with Crippen molar-refractivity contribution >= 4 is 0 Å². The van der Waals surface area contributed by atoms with E-state index in [1.54, 1.807) is 0 Å². The van der Waals surface area contributed by atoms with Crippen molar-refractivity contribution in [1.82, 2.24) is 10.6 Å². The maximum Gasteiger partial charge on any atom is 0.179 e. The van der Waals surface area contributed by atoms with Crippen LogP contribution in [0.3, 0.4) is 0 Å². The first-order chi connectivity index (χ1) is 7.45. The maximum absolute atomic E-state index is 5.68. The Balaban J connectivity index is 1.69. The van der Waals surface area contributed by atoms with Gasteiger partial charge in [-0.1, -0.05) is 19.3 Å². The van der Waals surface area contributed by atoms with Crippen LogP contribution in [0.15, 0.2) is 0 Å². The Hall–Kier alpha value is -0.120. The fourth-order valence-corrected chi connectivity index (χ4v) is 3.48. The lowest BCUT2D eigenvalue weighted by molar-refractivity contribution is 0.0712. The minimum Gasteiger partial charge on any atom is -0.353 e. The van der Waals surface area contributed by atoms with Crippen LogP contribution in [0.1, 0.15) is 32.1 Å². The molecule has 0 aromatic heterocycles.